The summed E-state index contributed by atoms with van der Waals surface area (Å²) in [7, 11) is 3.93. The number of hydrogen-bond donors (Lipinski definition) is 1. The maximum Gasteiger partial charge on any atom is 0.148 e. The highest BCUT2D eigenvalue weighted by atomic mass is 15.2. The molecule has 1 aromatic rings. The van der Waals surface area contributed by atoms with Gasteiger partial charge in [0.2, 0.25) is 0 Å². The van der Waals surface area contributed by atoms with Crippen LogP contribution in [-0.2, 0) is 0 Å². The number of rotatable bonds is 3. The summed E-state index contributed by atoms with van der Waals surface area (Å²) in [5.74, 6) is 0.679. The van der Waals surface area contributed by atoms with Crippen LogP contribution < -0.4 is 5.73 Å². The van der Waals surface area contributed by atoms with E-state index in [9.17, 15) is 0 Å². The largest absolute Gasteiger partial charge is 0.329 e. The first kappa shape index (κ1) is 10.0. The molecule has 0 aliphatic rings. The van der Waals surface area contributed by atoms with Crippen molar-refractivity contribution in [3.8, 4) is 0 Å². The molecule has 0 fully saturated rings. The number of nitrogens with zero attached hydrogens (tertiary/aromatic N) is 4. The summed E-state index contributed by atoms with van der Waals surface area (Å²) in [6, 6.07) is 0.120. The Morgan fingerprint density at radius 2 is 2.23 bits per heavy atom. The first-order chi connectivity index (χ1) is 6.15. The zero-order valence-electron chi connectivity index (χ0n) is 8.23. The van der Waals surface area contributed by atoms with E-state index in [4.69, 9.17) is 5.73 Å². The number of hydrogen-bond acceptors (Lipinski definition) is 5. The molecule has 0 spiro atoms. The first-order valence-electron chi connectivity index (χ1n) is 4.18. The van der Waals surface area contributed by atoms with Crippen LogP contribution in [0.4, 0.5) is 0 Å². The Morgan fingerprint density at radius 1 is 1.54 bits per heavy atom. The Balaban J connectivity index is 2.91. The van der Waals surface area contributed by atoms with E-state index >= 15 is 0 Å². The molecule has 1 atom stereocenters. The van der Waals surface area contributed by atoms with E-state index in [1.165, 1.54) is 0 Å². The van der Waals surface area contributed by atoms with Gasteiger partial charge in [-0.05, 0) is 21.0 Å². The maximum atomic E-state index is 5.63. The van der Waals surface area contributed by atoms with Crippen LogP contribution in [0.2, 0.25) is 0 Å². The third kappa shape index (κ3) is 2.43. The van der Waals surface area contributed by atoms with Gasteiger partial charge in [-0.15, -0.1) is 5.10 Å². The minimum Gasteiger partial charge on any atom is -0.329 e. The minimum absolute atomic E-state index is 0.120. The van der Waals surface area contributed by atoms with Gasteiger partial charge in [-0.3, -0.25) is 4.90 Å². The van der Waals surface area contributed by atoms with Gasteiger partial charge in [0.15, 0.2) is 0 Å². The highest BCUT2D eigenvalue weighted by Crippen LogP contribution is 2.12. The lowest BCUT2D eigenvalue weighted by molar-refractivity contribution is 0.298. The highest BCUT2D eigenvalue weighted by molar-refractivity contribution is 5.03. The van der Waals surface area contributed by atoms with Crippen LogP contribution in [0.15, 0.2) is 6.20 Å². The standard InChI is InChI=1S/C8H15N5/c1-6-11-7(5-10-12-6)8(4-9)13(2)3/h5,8H,4,9H2,1-3H3. The van der Waals surface area contributed by atoms with Gasteiger partial charge in [0.1, 0.15) is 5.82 Å². The van der Waals surface area contributed by atoms with Crippen molar-refractivity contribution in [2.75, 3.05) is 20.6 Å². The van der Waals surface area contributed by atoms with Crippen LogP contribution in [0.5, 0.6) is 0 Å². The lowest BCUT2D eigenvalue weighted by Crippen LogP contribution is -2.28. The summed E-state index contributed by atoms with van der Waals surface area (Å²) in [6.07, 6.45) is 1.66. The molecular weight excluding hydrogens is 166 g/mol. The summed E-state index contributed by atoms with van der Waals surface area (Å²) in [6.45, 7) is 2.35. The van der Waals surface area contributed by atoms with Crippen molar-refractivity contribution in [3.05, 3.63) is 17.7 Å². The van der Waals surface area contributed by atoms with E-state index < -0.39 is 0 Å². The number of nitrogens with two attached hydrogens (primary N) is 1. The number of aromatic nitrogens is 3. The van der Waals surface area contributed by atoms with Crippen LogP contribution >= 0.6 is 0 Å². The molecular formula is C8H15N5. The second kappa shape index (κ2) is 4.25. The predicted octanol–water partition coefficient (Wildman–Crippen LogP) is -0.259. The molecule has 1 aromatic heterocycles. The molecule has 5 heteroatoms. The van der Waals surface area contributed by atoms with Crippen LogP contribution in [0.1, 0.15) is 17.6 Å². The number of aryl methyl sites for hydroxylation is 1. The summed E-state index contributed by atoms with van der Waals surface area (Å²) in [5.41, 5.74) is 6.50. The molecule has 0 radical (unpaired) electrons. The summed E-state index contributed by atoms with van der Waals surface area (Å²) in [4.78, 5) is 6.29. The van der Waals surface area contributed by atoms with Crippen molar-refractivity contribution in [2.45, 2.75) is 13.0 Å². The zero-order chi connectivity index (χ0) is 9.84. The quantitative estimate of drug-likeness (QED) is 0.696. The maximum absolute atomic E-state index is 5.63. The summed E-state index contributed by atoms with van der Waals surface area (Å²) < 4.78 is 0. The van der Waals surface area contributed by atoms with E-state index in [2.05, 4.69) is 15.2 Å². The first-order valence-corrected chi connectivity index (χ1v) is 4.18. The molecule has 1 heterocycles. The molecule has 0 aliphatic carbocycles. The van der Waals surface area contributed by atoms with Gasteiger partial charge in [0.05, 0.1) is 17.9 Å². The van der Waals surface area contributed by atoms with Gasteiger partial charge in [-0.1, -0.05) is 0 Å². The topological polar surface area (TPSA) is 67.9 Å². The Bertz CT molecular complexity index is 273. The molecule has 5 nitrogen and oxygen atoms in total. The van der Waals surface area contributed by atoms with Crippen molar-refractivity contribution < 1.29 is 0 Å². The fourth-order valence-corrected chi connectivity index (χ4v) is 1.17. The van der Waals surface area contributed by atoms with Gasteiger partial charge in [0.25, 0.3) is 0 Å². The van der Waals surface area contributed by atoms with Crippen LogP contribution in [0, 0.1) is 6.92 Å². The highest BCUT2D eigenvalue weighted by Gasteiger charge is 2.13. The van der Waals surface area contributed by atoms with Crippen LogP contribution in [0.3, 0.4) is 0 Å². The summed E-state index contributed by atoms with van der Waals surface area (Å²) >= 11 is 0. The fraction of sp³-hybridized carbons (Fsp3) is 0.625. The molecule has 0 saturated carbocycles. The van der Waals surface area contributed by atoms with Crippen molar-refractivity contribution in [2.24, 2.45) is 5.73 Å². The molecule has 0 bridgehead atoms. The Kier molecular flexibility index (Phi) is 3.27. The Labute approximate surface area is 78.0 Å². The van der Waals surface area contributed by atoms with E-state index in [-0.39, 0.29) is 6.04 Å². The molecule has 2 N–H and O–H groups in total. The fourth-order valence-electron chi connectivity index (χ4n) is 1.17. The molecule has 0 aliphatic heterocycles. The second-order valence-corrected chi connectivity index (χ2v) is 3.14. The van der Waals surface area contributed by atoms with Gasteiger partial charge in [-0.25, -0.2) is 4.98 Å². The van der Waals surface area contributed by atoms with Crippen LogP contribution in [-0.4, -0.2) is 40.7 Å². The van der Waals surface area contributed by atoms with E-state index in [0.717, 1.165) is 5.69 Å². The smallest absolute Gasteiger partial charge is 0.148 e. The van der Waals surface area contributed by atoms with Crippen molar-refractivity contribution in [3.63, 3.8) is 0 Å². The molecule has 1 unspecified atom stereocenters. The average molecular weight is 181 g/mol. The third-order valence-corrected chi connectivity index (χ3v) is 1.87. The van der Waals surface area contributed by atoms with Crippen molar-refractivity contribution >= 4 is 0 Å². The SMILES string of the molecule is Cc1nncc(C(CN)N(C)C)n1. The van der Waals surface area contributed by atoms with Crippen LogP contribution in [0.25, 0.3) is 0 Å². The Morgan fingerprint density at radius 3 is 2.69 bits per heavy atom. The average Bonchev–Trinajstić information content (AvgIpc) is 2.04. The number of likely N-dealkylation sites (N-methyl/N-ethyl adjacent to an activating group) is 1. The van der Waals surface area contributed by atoms with E-state index in [0.29, 0.717) is 12.4 Å². The van der Waals surface area contributed by atoms with E-state index in [1.807, 2.05) is 25.9 Å². The zero-order valence-corrected chi connectivity index (χ0v) is 8.23. The molecule has 0 aromatic carbocycles. The summed E-state index contributed by atoms with van der Waals surface area (Å²) in [5, 5.41) is 7.64. The van der Waals surface area contributed by atoms with Crippen molar-refractivity contribution in [1.82, 2.24) is 20.1 Å². The van der Waals surface area contributed by atoms with Gasteiger partial charge < -0.3 is 5.73 Å². The monoisotopic (exact) mass is 181 g/mol. The van der Waals surface area contributed by atoms with Gasteiger partial charge >= 0.3 is 0 Å². The normalized spacial score (nSPS) is 13.3. The van der Waals surface area contributed by atoms with Gasteiger partial charge in [0, 0.05) is 6.54 Å². The van der Waals surface area contributed by atoms with E-state index in [1.54, 1.807) is 6.20 Å². The second-order valence-electron chi connectivity index (χ2n) is 3.14. The lowest BCUT2D eigenvalue weighted by atomic mass is 10.2. The molecule has 72 valence electrons. The molecule has 0 saturated heterocycles. The minimum atomic E-state index is 0.120. The van der Waals surface area contributed by atoms with Gasteiger partial charge in [-0.2, -0.15) is 5.10 Å². The molecule has 1 rings (SSSR count). The third-order valence-electron chi connectivity index (χ3n) is 1.87. The van der Waals surface area contributed by atoms with Crippen molar-refractivity contribution in [1.29, 1.82) is 0 Å². The molecule has 0 amide bonds. The predicted molar refractivity (Wildman–Crippen MR) is 50.0 cm³/mol. The lowest BCUT2D eigenvalue weighted by Gasteiger charge is -2.21. The molecule has 13 heavy (non-hydrogen) atoms. The Hall–Kier alpha value is -1.07.